The largest absolute Gasteiger partial charge is 0.462 e. The van der Waals surface area contributed by atoms with Crippen LogP contribution in [0.5, 0.6) is 0 Å². The highest BCUT2D eigenvalue weighted by Gasteiger charge is 2.19. The third-order valence-electron chi connectivity index (χ3n) is 9.61. The lowest BCUT2D eigenvalue weighted by molar-refractivity contribution is -0.167. The Hall–Kier alpha value is -1.59. The van der Waals surface area contributed by atoms with Gasteiger partial charge >= 0.3 is 17.9 Å². The van der Waals surface area contributed by atoms with Gasteiger partial charge in [-0.1, -0.05) is 201 Å². The Kier molecular flexibility index (Phi) is 37.9. The number of carbonyl (C=O) groups is 3. The van der Waals surface area contributed by atoms with E-state index in [4.69, 9.17) is 14.2 Å². The van der Waals surface area contributed by atoms with Crippen LogP contribution in [-0.2, 0) is 28.6 Å². The number of carbonyl (C=O) groups excluding carboxylic acids is 3. The van der Waals surface area contributed by atoms with Gasteiger partial charge in [0.25, 0.3) is 0 Å². The van der Waals surface area contributed by atoms with Crippen LogP contribution in [0.3, 0.4) is 0 Å². The molecule has 0 bridgehead atoms. The van der Waals surface area contributed by atoms with Crippen LogP contribution in [0.4, 0.5) is 0 Å². The summed E-state index contributed by atoms with van der Waals surface area (Å²) in [5.41, 5.74) is 0. The zero-order valence-electron chi connectivity index (χ0n) is 33.0. The van der Waals surface area contributed by atoms with E-state index in [0.29, 0.717) is 19.3 Å². The average molecular weight is 695 g/mol. The Balaban J connectivity index is 4.33. The molecule has 0 N–H and O–H groups in total. The van der Waals surface area contributed by atoms with Crippen LogP contribution in [0.25, 0.3) is 0 Å². The summed E-state index contributed by atoms with van der Waals surface area (Å²) in [7, 11) is 0. The molecule has 0 saturated heterocycles. The van der Waals surface area contributed by atoms with Crippen molar-refractivity contribution in [2.24, 2.45) is 0 Å². The normalized spacial score (nSPS) is 11.8. The Bertz CT molecular complexity index is 723. The van der Waals surface area contributed by atoms with Gasteiger partial charge < -0.3 is 14.2 Å². The molecule has 290 valence electrons. The van der Waals surface area contributed by atoms with Crippen LogP contribution in [0.1, 0.15) is 239 Å². The number of rotatable bonds is 39. The molecule has 6 heteroatoms. The van der Waals surface area contributed by atoms with Crippen molar-refractivity contribution in [3.8, 4) is 0 Å². The van der Waals surface area contributed by atoms with Gasteiger partial charge in [0.05, 0.1) is 0 Å². The number of unbranched alkanes of at least 4 members (excludes halogenated alkanes) is 28. The quantitative estimate of drug-likeness (QED) is 0.0362. The van der Waals surface area contributed by atoms with Crippen molar-refractivity contribution in [1.29, 1.82) is 0 Å². The molecule has 0 aromatic rings. The van der Waals surface area contributed by atoms with Crippen molar-refractivity contribution in [2.75, 3.05) is 13.2 Å². The zero-order chi connectivity index (χ0) is 35.9. The molecule has 0 heterocycles. The van der Waals surface area contributed by atoms with Gasteiger partial charge in [-0.15, -0.1) is 0 Å². The molecule has 0 unspecified atom stereocenters. The molecular weight excluding hydrogens is 612 g/mol. The van der Waals surface area contributed by atoms with Gasteiger partial charge in [-0.25, -0.2) is 0 Å². The second-order valence-electron chi connectivity index (χ2n) is 14.6. The summed E-state index contributed by atoms with van der Waals surface area (Å²) in [6.45, 7) is 6.61. The fraction of sp³-hybridized carbons (Fsp3) is 0.930. The minimum absolute atomic E-state index is 0.0633. The van der Waals surface area contributed by atoms with Crippen molar-refractivity contribution in [3.05, 3.63) is 0 Å². The second-order valence-corrected chi connectivity index (χ2v) is 14.6. The molecule has 0 rings (SSSR count). The number of ether oxygens (including phenoxy) is 3. The van der Waals surface area contributed by atoms with Gasteiger partial charge in [-0.3, -0.25) is 14.4 Å². The topological polar surface area (TPSA) is 78.9 Å². The highest BCUT2D eigenvalue weighted by atomic mass is 16.6. The molecule has 49 heavy (non-hydrogen) atoms. The molecular formula is C43H82O6. The highest BCUT2D eigenvalue weighted by molar-refractivity contribution is 5.71. The van der Waals surface area contributed by atoms with Crippen LogP contribution in [0, 0.1) is 0 Å². The summed E-state index contributed by atoms with van der Waals surface area (Å²) in [6, 6.07) is 0. The van der Waals surface area contributed by atoms with E-state index in [1.165, 1.54) is 141 Å². The first-order valence-electron chi connectivity index (χ1n) is 21.5. The van der Waals surface area contributed by atoms with E-state index < -0.39 is 6.10 Å². The van der Waals surface area contributed by atoms with E-state index in [-0.39, 0.29) is 31.1 Å². The molecule has 0 radical (unpaired) electrons. The Morgan fingerprint density at radius 3 is 0.816 bits per heavy atom. The van der Waals surface area contributed by atoms with Crippen LogP contribution in [-0.4, -0.2) is 37.2 Å². The predicted molar refractivity (Wildman–Crippen MR) is 206 cm³/mol. The van der Waals surface area contributed by atoms with Gasteiger partial charge in [0, 0.05) is 19.3 Å². The molecule has 0 fully saturated rings. The van der Waals surface area contributed by atoms with Crippen molar-refractivity contribution >= 4 is 17.9 Å². The van der Waals surface area contributed by atoms with Crippen LogP contribution in [0.2, 0.25) is 0 Å². The van der Waals surface area contributed by atoms with E-state index >= 15 is 0 Å². The molecule has 0 saturated carbocycles. The molecule has 0 amide bonds. The number of hydrogen-bond acceptors (Lipinski definition) is 6. The standard InChI is InChI=1S/C43H82O6/c1-4-7-10-13-16-19-21-24-27-30-33-36-42(45)48-39-40(38-47-41(44)35-32-29-26-23-18-15-12-9-6-3)49-43(46)37-34-31-28-25-22-20-17-14-11-8-5-2/h40H,4-39H2,1-3H3/t40-/m0/s1. The number of hydrogen-bond donors (Lipinski definition) is 0. The second kappa shape index (κ2) is 39.2. The number of esters is 3. The molecule has 0 spiro atoms. The molecule has 0 aliphatic rings. The Labute approximate surface area is 304 Å². The van der Waals surface area contributed by atoms with Gasteiger partial charge in [0.2, 0.25) is 0 Å². The van der Waals surface area contributed by atoms with Gasteiger partial charge in [0.15, 0.2) is 6.10 Å². The first-order valence-corrected chi connectivity index (χ1v) is 21.5. The minimum atomic E-state index is -0.756. The van der Waals surface area contributed by atoms with E-state index in [2.05, 4.69) is 20.8 Å². The van der Waals surface area contributed by atoms with E-state index in [9.17, 15) is 14.4 Å². The minimum Gasteiger partial charge on any atom is -0.462 e. The molecule has 6 nitrogen and oxygen atoms in total. The van der Waals surface area contributed by atoms with E-state index in [1.807, 2.05) is 0 Å². The summed E-state index contributed by atoms with van der Waals surface area (Å²) < 4.78 is 16.6. The van der Waals surface area contributed by atoms with Crippen LogP contribution in [0.15, 0.2) is 0 Å². The molecule has 0 aliphatic heterocycles. The maximum absolute atomic E-state index is 12.6. The predicted octanol–water partition coefficient (Wildman–Crippen LogP) is 13.3. The first-order chi connectivity index (χ1) is 24.0. The lowest BCUT2D eigenvalue weighted by Gasteiger charge is -2.18. The average Bonchev–Trinajstić information content (AvgIpc) is 3.10. The maximum atomic E-state index is 12.6. The summed E-state index contributed by atoms with van der Waals surface area (Å²) in [5, 5.41) is 0. The lowest BCUT2D eigenvalue weighted by atomic mass is 10.1. The van der Waals surface area contributed by atoms with Crippen molar-refractivity contribution in [1.82, 2.24) is 0 Å². The smallest absolute Gasteiger partial charge is 0.306 e. The summed E-state index contributed by atoms with van der Waals surface area (Å²) in [4.78, 5) is 37.5. The van der Waals surface area contributed by atoms with Crippen molar-refractivity contribution in [2.45, 2.75) is 245 Å². The summed E-state index contributed by atoms with van der Waals surface area (Å²) in [6.07, 6.45) is 37.9. The Morgan fingerprint density at radius 2 is 0.551 bits per heavy atom. The molecule has 0 aromatic carbocycles. The van der Waals surface area contributed by atoms with Gasteiger partial charge in [-0.05, 0) is 19.3 Å². The first kappa shape index (κ1) is 47.4. The van der Waals surface area contributed by atoms with Gasteiger partial charge in [0.1, 0.15) is 13.2 Å². The fourth-order valence-corrected chi connectivity index (χ4v) is 6.32. The monoisotopic (exact) mass is 695 g/mol. The van der Waals surface area contributed by atoms with Crippen LogP contribution >= 0.6 is 0 Å². The van der Waals surface area contributed by atoms with Crippen molar-refractivity contribution in [3.63, 3.8) is 0 Å². The molecule has 0 aromatic heterocycles. The van der Waals surface area contributed by atoms with E-state index in [1.54, 1.807) is 0 Å². The third-order valence-corrected chi connectivity index (χ3v) is 9.61. The maximum Gasteiger partial charge on any atom is 0.306 e. The third kappa shape index (κ3) is 37.5. The van der Waals surface area contributed by atoms with Crippen molar-refractivity contribution < 1.29 is 28.6 Å². The Morgan fingerprint density at radius 1 is 0.327 bits per heavy atom. The fourth-order valence-electron chi connectivity index (χ4n) is 6.32. The van der Waals surface area contributed by atoms with Crippen LogP contribution < -0.4 is 0 Å². The zero-order valence-corrected chi connectivity index (χ0v) is 33.0. The summed E-state index contributed by atoms with van der Waals surface area (Å²) >= 11 is 0. The van der Waals surface area contributed by atoms with E-state index in [0.717, 1.165) is 57.8 Å². The molecule has 0 aliphatic carbocycles. The highest BCUT2D eigenvalue weighted by Crippen LogP contribution is 2.15. The van der Waals surface area contributed by atoms with Gasteiger partial charge in [-0.2, -0.15) is 0 Å². The summed E-state index contributed by atoms with van der Waals surface area (Å²) in [5.74, 6) is -0.859. The SMILES string of the molecule is CCCCCCCCCCCCCC(=O)OC[C@H](COC(=O)CCCCCCCCCCC)OC(=O)CCCCCCCCCCCCC. The lowest BCUT2D eigenvalue weighted by Crippen LogP contribution is -2.30. The molecule has 1 atom stereocenters.